The number of rotatable bonds is 3. The SMILES string of the molecule is Cl.N[C@H](CC1CC1)c1ccc(Br)c(F)c1. The molecule has 0 aliphatic heterocycles. The monoisotopic (exact) mass is 293 g/mol. The fourth-order valence-corrected chi connectivity index (χ4v) is 1.84. The standard InChI is InChI=1S/C11H13BrFN.ClH/c12-9-4-3-8(6-10(9)13)11(14)5-7-1-2-7;/h3-4,6-7,11H,1-2,5,14H2;1H/t11-;/m1./s1. The van der Waals surface area contributed by atoms with Gasteiger partial charge in [-0.2, -0.15) is 0 Å². The maximum absolute atomic E-state index is 13.2. The van der Waals surface area contributed by atoms with Crippen LogP contribution in [0.15, 0.2) is 22.7 Å². The van der Waals surface area contributed by atoms with Crippen LogP contribution in [0.3, 0.4) is 0 Å². The van der Waals surface area contributed by atoms with Crippen molar-refractivity contribution in [2.75, 3.05) is 0 Å². The Bertz CT molecular complexity index is 341. The molecule has 1 aromatic rings. The molecule has 0 unspecified atom stereocenters. The number of halogens is 3. The van der Waals surface area contributed by atoms with Crippen LogP contribution in [0.25, 0.3) is 0 Å². The van der Waals surface area contributed by atoms with Crippen molar-refractivity contribution in [2.45, 2.75) is 25.3 Å². The molecule has 0 saturated heterocycles. The zero-order valence-electron chi connectivity index (χ0n) is 8.25. The van der Waals surface area contributed by atoms with Gasteiger partial charge in [0.05, 0.1) is 4.47 Å². The zero-order chi connectivity index (χ0) is 10.1. The van der Waals surface area contributed by atoms with E-state index in [1.165, 1.54) is 18.9 Å². The van der Waals surface area contributed by atoms with Gasteiger partial charge in [0.15, 0.2) is 0 Å². The second-order valence-corrected chi connectivity index (χ2v) is 4.81. The summed E-state index contributed by atoms with van der Waals surface area (Å²) in [4.78, 5) is 0. The van der Waals surface area contributed by atoms with E-state index in [2.05, 4.69) is 15.9 Å². The molecule has 1 atom stereocenters. The van der Waals surface area contributed by atoms with Crippen molar-refractivity contribution in [3.63, 3.8) is 0 Å². The van der Waals surface area contributed by atoms with Crippen LogP contribution in [0.5, 0.6) is 0 Å². The molecule has 0 amide bonds. The predicted molar refractivity (Wildman–Crippen MR) is 65.6 cm³/mol. The molecule has 1 aliphatic rings. The minimum Gasteiger partial charge on any atom is -0.324 e. The maximum atomic E-state index is 13.2. The van der Waals surface area contributed by atoms with Crippen LogP contribution >= 0.6 is 28.3 Å². The topological polar surface area (TPSA) is 26.0 Å². The quantitative estimate of drug-likeness (QED) is 0.901. The summed E-state index contributed by atoms with van der Waals surface area (Å²) in [7, 11) is 0. The molecule has 1 fully saturated rings. The molecule has 1 aromatic carbocycles. The maximum Gasteiger partial charge on any atom is 0.137 e. The van der Waals surface area contributed by atoms with Crippen molar-refractivity contribution in [2.24, 2.45) is 11.7 Å². The Morgan fingerprint density at radius 1 is 1.47 bits per heavy atom. The zero-order valence-corrected chi connectivity index (χ0v) is 10.7. The lowest BCUT2D eigenvalue weighted by atomic mass is 10.0. The van der Waals surface area contributed by atoms with Gasteiger partial charge in [0.1, 0.15) is 5.82 Å². The highest BCUT2D eigenvalue weighted by molar-refractivity contribution is 9.10. The smallest absolute Gasteiger partial charge is 0.137 e. The molecule has 2 rings (SSSR count). The van der Waals surface area contributed by atoms with Crippen LogP contribution in [0.2, 0.25) is 0 Å². The van der Waals surface area contributed by atoms with Gasteiger partial charge in [-0.1, -0.05) is 18.9 Å². The van der Waals surface area contributed by atoms with Crippen molar-refractivity contribution < 1.29 is 4.39 Å². The number of hydrogen-bond donors (Lipinski definition) is 1. The van der Waals surface area contributed by atoms with E-state index in [9.17, 15) is 4.39 Å². The molecule has 4 heteroatoms. The van der Waals surface area contributed by atoms with E-state index in [-0.39, 0.29) is 24.3 Å². The van der Waals surface area contributed by atoms with E-state index >= 15 is 0 Å². The Morgan fingerprint density at radius 2 is 2.13 bits per heavy atom. The summed E-state index contributed by atoms with van der Waals surface area (Å²) < 4.78 is 13.7. The highest BCUT2D eigenvalue weighted by Gasteiger charge is 2.24. The van der Waals surface area contributed by atoms with Crippen LogP contribution in [0, 0.1) is 11.7 Å². The molecule has 0 bridgehead atoms. The third-order valence-electron chi connectivity index (χ3n) is 2.66. The Morgan fingerprint density at radius 3 is 2.67 bits per heavy atom. The summed E-state index contributed by atoms with van der Waals surface area (Å²) in [5, 5.41) is 0. The Kier molecular flexibility index (Phi) is 4.56. The Hall–Kier alpha value is -0.120. The van der Waals surface area contributed by atoms with Crippen LogP contribution in [0.1, 0.15) is 30.9 Å². The first-order valence-electron chi connectivity index (χ1n) is 4.87. The molecule has 84 valence electrons. The van der Waals surface area contributed by atoms with Crippen molar-refractivity contribution in [1.82, 2.24) is 0 Å². The number of nitrogens with two attached hydrogens (primary N) is 1. The van der Waals surface area contributed by atoms with Gasteiger partial charge in [-0.25, -0.2) is 4.39 Å². The van der Waals surface area contributed by atoms with Crippen LogP contribution in [-0.2, 0) is 0 Å². The summed E-state index contributed by atoms with van der Waals surface area (Å²) >= 11 is 3.13. The summed E-state index contributed by atoms with van der Waals surface area (Å²) in [6.07, 6.45) is 3.56. The van der Waals surface area contributed by atoms with Crippen molar-refractivity contribution in [3.8, 4) is 0 Å². The number of benzene rings is 1. The third kappa shape index (κ3) is 3.44. The van der Waals surface area contributed by atoms with Gasteiger partial charge >= 0.3 is 0 Å². The van der Waals surface area contributed by atoms with Gasteiger partial charge < -0.3 is 5.73 Å². The molecule has 0 heterocycles. The molecule has 1 nitrogen and oxygen atoms in total. The normalized spacial score (nSPS) is 17.0. The molecule has 15 heavy (non-hydrogen) atoms. The van der Waals surface area contributed by atoms with Gasteiger partial charge in [-0.15, -0.1) is 12.4 Å². The molecule has 0 radical (unpaired) electrons. The number of hydrogen-bond acceptors (Lipinski definition) is 1. The summed E-state index contributed by atoms with van der Waals surface area (Å²) in [6.45, 7) is 0. The average molecular weight is 295 g/mol. The molecular formula is C11H14BrClFN. The van der Waals surface area contributed by atoms with Gasteiger partial charge in [-0.3, -0.25) is 0 Å². The lowest BCUT2D eigenvalue weighted by molar-refractivity contribution is 0.581. The first-order chi connectivity index (χ1) is 6.66. The average Bonchev–Trinajstić information content (AvgIpc) is 2.93. The lowest BCUT2D eigenvalue weighted by Gasteiger charge is -2.11. The molecule has 0 aromatic heterocycles. The van der Waals surface area contributed by atoms with Crippen LogP contribution < -0.4 is 5.73 Å². The Labute approximate surface area is 104 Å². The first-order valence-corrected chi connectivity index (χ1v) is 5.66. The van der Waals surface area contributed by atoms with Gasteiger partial charge in [0, 0.05) is 6.04 Å². The van der Waals surface area contributed by atoms with E-state index in [0.717, 1.165) is 17.9 Å². The summed E-state index contributed by atoms with van der Waals surface area (Å²) in [5.41, 5.74) is 6.87. The van der Waals surface area contributed by atoms with E-state index in [1.807, 2.05) is 6.07 Å². The van der Waals surface area contributed by atoms with E-state index in [1.54, 1.807) is 6.07 Å². The first kappa shape index (κ1) is 12.9. The molecule has 0 spiro atoms. The molecule has 1 saturated carbocycles. The van der Waals surface area contributed by atoms with E-state index < -0.39 is 0 Å². The van der Waals surface area contributed by atoms with E-state index in [0.29, 0.717) is 4.47 Å². The third-order valence-corrected chi connectivity index (χ3v) is 3.30. The highest BCUT2D eigenvalue weighted by atomic mass is 79.9. The largest absolute Gasteiger partial charge is 0.324 e. The van der Waals surface area contributed by atoms with Crippen molar-refractivity contribution >= 4 is 28.3 Å². The summed E-state index contributed by atoms with van der Waals surface area (Å²) in [6, 6.07) is 5.12. The minimum atomic E-state index is -0.228. The molecule has 1 aliphatic carbocycles. The summed E-state index contributed by atoms with van der Waals surface area (Å²) in [5.74, 6) is 0.547. The minimum absolute atomic E-state index is 0. The van der Waals surface area contributed by atoms with Crippen LogP contribution in [-0.4, -0.2) is 0 Å². The molecule has 2 N–H and O–H groups in total. The highest BCUT2D eigenvalue weighted by Crippen LogP contribution is 2.37. The predicted octanol–water partition coefficient (Wildman–Crippen LogP) is 3.81. The van der Waals surface area contributed by atoms with Crippen molar-refractivity contribution in [1.29, 1.82) is 0 Å². The Balaban J connectivity index is 0.00000112. The fourth-order valence-electron chi connectivity index (χ4n) is 1.59. The van der Waals surface area contributed by atoms with Gasteiger partial charge in [0.25, 0.3) is 0 Å². The second kappa shape index (κ2) is 5.28. The fraction of sp³-hybridized carbons (Fsp3) is 0.455. The lowest BCUT2D eigenvalue weighted by Crippen LogP contribution is -2.11. The van der Waals surface area contributed by atoms with Crippen molar-refractivity contribution in [3.05, 3.63) is 34.1 Å². The molecular weight excluding hydrogens is 280 g/mol. The second-order valence-electron chi connectivity index (χ2n) is 3.96. The van der Waals surface area contributed by atoms with Gasteiger partial charge in [0.2, 0.25) is 0 Å². The van der Waals surface area contributed by atoms with Gasteiger partial charge in [-0.05, 0) is 46.0 Å². The van der Waals surface area contributed by atoms with E-state index in [4.69, 9.17) is 5.73 Å². The van der Waals surface area contributed by atoms with Crippen LogP contribution in [0.4, 0.5) is 4.39 Å².